The van der Waals surface area contributed by atoms with Crippen LogP contribution in [0.4, 0.5) is 11.5 Å². The van der Waals surface area contributed by atoms with Gasteiger partial charge >= 0.3 is 0 Å². The largest absolute Gasteiger partial charge is 0.350 e. The fourth-order valence-corrected chi connectivity index (χ4v) is 3.50. The Morgan fingerprint density at radius 2 is 1.65 bits per heavy atom. The lowest BCUT2D eigenvalue weighted by Crippen LogP contribution is -2.41. The van der Waals surface area contributed by atoms with Crippen LogP contribution in [0.1, 0.15) is 35.1 Å². The van der Waals surface area contributed by atoms with Crippen LogP contribution in [0.15, 0.2) is 66.9 Å². The zero-order valence-electron chi connectivity index (χ0n) is 19.8. The number of nitrogens with one attached hydrogen (secondary N) is 2. The number of aryl methyl sites for hydroxylation is 2. The number of nitrogens with zero attached hydrogens (tertiary/aromatic N) is 2. The van der Waals surface area contributed by atoms with E-state index in [0.717, 1.165) is 22.3 Å². The molecule has 3 rings (SSSR count). The Balaban J connectivity index is 1.67. The zero-order valence-corrected chi connectivity index (χ0v) is 19.8. The van der Waals surface area contributed by atoms with Gasteiger partial charge in [0.2, 0.25) is 17.7 Å². The smallest absolute Gasteiger partial charge is 0.240 e. The average Bonchev–Trinajstić information content (AvgIpc) is 2.82. The first-order valence-corrected chi connectivity index (χ1v) is 11.2. The second kappa shape index (κ2) is 11.7. The van der Waals surface area contributed by atoms with E-state index in [4.69, 9.17) is 0 Å². The van der Waals surface area contributed by atoms with Gasteiger partial charge in [0.25, 0.3) is 0 Å². The standard InChI is InChI=1S/C27H30N4O3/c1-19-14-15-28-24(16-19)30-25(32)12-13-27(34)31(23-11-7-8-20(2)21(23)3)18-26(33)29-17-22-9-5-4-6-10-22/h4-11,14-16H,12-13,17-18H2,1-3H3,(H,29,33)(H,28,30,32). The number of anilines is 2. The summed E-state index contributed by atoms with van der Waals surface area (Å²) in [5.74, 6) is -0.424. The molecular weight excluding hydrogens is 428 g/mol. The quantitative estimate of drug-likeness (QED) is 0.506. The maximum absolute atomic E-state index is 13.2. The van der Waals surface area contributed by atoms with Crippen molar-refractivity contribution in [3.63, 3.8) is 0 Å². The molecule has 0 atom stereocenters. The Morgan fingerprint density at radius 3 is 2.38 bits per heavy atom. The van der Waals surface area contributed by atoms with Gasteiger partial charge in [0.05, 0.1) is 0 Å². The first-order valence-electron chi connectivity index (χ1n) is 11.2. The van der Waals surface area contributed by atoms with Crippen LogP contribution in [0.25, 0.3) is 0 Å². The predicted octanol–water partition coefficient (Wildman–Crippen LogP) is 4.08. The van der Waals surface area contributed by atoms with E-state index in [1.54, 1.807) is 12.3 Å². The lowest BCUT2D eigenvalue weighted by atomic mass is 10.1. The van der Waals surface area contributed by atoms with Crippen LogP contribution in [-0.4, -0.2) is 29.3 Å². The Labute approximate surface area is 200 Å². The van der Waals surface area contributed by atoms with Gasteiger partial charge < -0.3 is 15.5 Å². The molecule has 0 unspecified atom stereocenters. The molecule has 0 spiro atoms. The van der Waals surface area contributed by atoms with E-state index in [2.05, 4.69) is 15.6 Å². The van der Waals surface area contributed by atoms with E-state index >= 15 is 0 Å². The fourth-order valence-electron chi connectivity index (χ4n) is 3.50. The minimum atomic E-state index is -0.305. The molecule has 3 aromatic rings. The highest BCUT2D eigenvalue weighted by Gasteiger charge is 2.22. The first-order chi connectivity index (χ1) is 16.3. The van der Waals surface area contributed by atoms with Crippen molar-refractivity contribution in [1.82, 2.24) is 10.3 Å². The second-order valence-corrected chi connectivity index (χ2v) is 8.23. The average molecular weight is 459 g/mol. The molecule has 0 aliphatic rings. The Kier molecular flexibility index (Phi) is 8.51. The van der Waals surface area contributed by atoms with Crippen LogP contribution < -0.4 is 15.5 Å². The van der Waals surface area contributed by atoms with Crippen LogP contribution >= 0.6 is 0 Å². The summed E-state index contributed by atoms with van der Waals surface area (Å²) < 4.78 is 0. The molecule has 7 nitrogen and oxygen atoms in total. The van der Waals surface area contributed by atoms with Crippen molar-refractivity contribution < 1.29 is 14.4 Å². The van der Waals surface area contributed by atoms with Crippen LogP contribution in [0.5, 0.6) is 0 Å². The molecule has 0 radical (unpaired) electrons. The summed E-state index contributed by atoms with van der Waals surface area (Å²) in [5, 5.41) is 5.59. The summed E-state index contributed by atoms with van der Waals surface area (Å²) in [7, 11) is 0. The van der Waals surface area contributed by atoms with E-state index < -0.39 is 0 Å². The molecule has 3 amide bonds. The number of hydrogen-bond acceptors (Lipinski definition) is 4. The summed E-state index contributed by atoms with van der Waals surface area (Å²) in [4.78, 5) is 43.9. The molecular formula is C27H30N4O3. The summed E-state index contributed by atoms with van der Waals surface area (Å²) in [6, 6.07) is 18.8. The Bertz CT molecular complexity index is 1160. The maximum atomic E-state index is 13.2. The SMILES string of the molecule is Cc1ccnc(NC(=O)CCC(=O)N(CC(=O)NCc2ccccc2)c2cccc(C)c2C)c1. The number of amides is 3. The number of carbonyl (C=O) groups is 3. The van der Waals surface area contributed by atoms with Crippen molar-refractivity contribution in [3.8, 4) is 0 Å². The molecule has 0 fully saturated rings. The number of rotatable bonds is 9. The highest BCUT2D eigenvalue weighted by atomic mass is 16.2. The van der Waals surface area contributed by atoms with E-state index in [1.165, 1.54) is 4.90 Å². The monoisotopic (exact) mass is 458 g/mol. The number of hydrogen-bond donors (Lipinski definition) is 2. The van der Waals surface area contributed by atoms with E-state index in [1.807, 2.05) is 75.4 Å². The molecule has 0 bridgehead atoms. The topological polar surface area (TPSA) is 91.4 Å². The van der Waals surface area contributed by atoms with Crippen molar-refractivity contribution in [2.75, 3.05) is 16.8 Å². The molecule has 7 heteroatoms. The van der Waals surface area contributed by atoms with Crippen LogP contribution in [0.2, 0.25) is 0 Å². The molecule has 0 aliphatic carbocycles. The van der Waals surface area contributed by atoms with Gasteiger partial charge in [-0.05, 0) is 61.2 Å². The third kappa shape index (κ3) is 7.00. The van der Waals surface area contributed by atoms with E-state index in [-0.39, 0.29) is 37.1 Å². The van der Waals surface area contributed by atoms with Crippen molar-refractivity contribution in [3.05, 3.63) is 89.1 Å². The minimum Gasteiger partial charge on any atom is -0.350 e. The predicted molar refractivity (Wildman–Crippen MR) is 133 cm³/mol. The summed E-state index contributed by atoms with van der Waals surface area (Å²) in [6.45, 7) is 6.03. The maximum Gasteiger partial charge on any atom is 0.240 e. The van der Waals surface area contributed by atoms with Crippen LogP contribution in [-0.2, 0) is 20.9 Å². The van der Waals surface area contributed by atoms with Gasteiger partial charge in [-0.15, -0.1) is 0 Å². The van der Waals surface area contributed by atoms with Gasteiger partial charge in [-0.3, -0.25) is 14.4 Å². The Morgan fingerprint density at radius 1 is 0.882 bits per heavy atom. The third-order valence-corrected chi connectivity index (χ3v) is 5.55. The molecule has 176 valence electrons. The van der Waals surface area contributed by atoms with Gasteiger partial charge in [-0.2, -0.15) is 0 Å². The number of benzene rings is 2. The van der Waals surface area contributed by atoms with Crippen molar-refractivity contribution >= 4 is 29.2 Å². The summed E-state index contributed by atoms with van der Waals surface area (Å²) in [5.41, 5.74) is 4.55. The molecule has 34 heavy (non-hydrogen) atoms. The van der Waals surface area contributed by atoms with Crippen molar-refractivity contribution in [1.29, 1.82) is 0 Å². The normalized spacial score (nSPS) is 10.4. The number of aromatic nitrogens is 1. The fraction of sp³-hybridized carbons (Fsp3) is 0.259. The van der Waals surface area contributed by atoms with Crippen molar-refractivity contribution in [2.45, 2.75) is 40.2 Å². The van der Waals surface area contributed by atoms with Crippen LogP contribution in [0, 0.1) is 20.8 Å². The molecule has 1 aromatic heterocycles. The third-order valence-electron chi connectivity index (χ3n) is 5.55. The lowest BCUT2D eigenvalue weighted by Gasteiger charge is -2.25. The van der Waals surface area contributed by atoms with Gasteiger partial charge in [0, 0.05) is 31.3 Å². The van der Waals surface area contributed by atoms with Gasteiger partial charge in [0.15, 0.2) is 0 Å². The molecule has 2 aromatic carbocycles. The lowest BCUT2D eigenvalue weighted by molar-refractivity contribution is -0.125. The van der Waals surface area contributed by atoms with Gasteiger partial charge in [0.1, 0.15) is 12.4 Å². The highest BCUT2D eigenvalue weighted by molar-refractivity contribution is 6.01. The molecule has 2 N–H and O–H groups in total. The minimum absolute atomic E-state index is 0.0124. The zero-order chi connectivity index (χ0) is 24.5. The summed E-state index contributed by atoms with van der Waals surface area (Å²) in [6.07, 6.45) is 1.57. The van der Waals surface area contributed by atoms with Crippen LogP contribution in [0.3, 0.4) is 0 Å². The van der Waals surface area contributed by atoms with E-state index in [9.17, 15) is 14.4 Å². The van der Waals surface area contributed by atoms with E-state index in [0.29, 0.717) is 18.1 Å². The van der Waals surface area contributed by atoms with Gasteiger partial charge in [-0.1, -0.05) is 42.5 Å². The van der Waals surface area contributed by atoms with Crippen molar-refractivity contribution in [2.24, 2.45) is 0 Å². The molecule has 0 saturated carbocycles. The second-order valence-electron chi connectivity index (χ2n) is 8.23. The summed E-state index contributed by atoms with van der Waals surface area (Å²) >= 11 is 0. The number of carbonyl (C=O) groups excluding carboxylic acids is 3. The Hall–Kier alpha value is -4.00. The number of pyridine rings is 1. The first kappa shape index (κ1) is 24.6. The van der Waals surface area contributed by atoms with Gasteiger partial charge in [-0.25, -0.2) is 4.98 Å². The molecule has 0 aliphatic heterocycles. The molecule has 1 heterocycles. The highest BCUT2D eigenvalue weighted by Crippen LogP contribution is 2.24. The molecule has 0 saturated heterocycles.